The van der Waals surface area contributed by atoms with E-state index < -0.39 is 0 Å². The third kappa shape index (κ3) is 5.11. The molecule has 1 N–H and O–H groups in total. The molecule has 2 aromatic carbocycles. The molecule has 2 aromatic rings. The topological polar surface area (TPSA) is 41.6 Å². The lowest BCUT2D eigenvalue weighted by molar-refractivity contribution is -0.120. The van der Waals surface area contributed by atoms with Crippen molar-refractivity contribution in [2.24, 2.45) is 0 Å². The fourth-order valence-corrected chi connectivity index (χ4v) is 3.08. The molecule has 0 radical (unpaired) electrons. The summed E-state index contributed by atoms with van der Waals surface area (Å²) in [6, 6.07) is 16.4. The molecule has 4 nitrogen and oxygen atoms in total. The van der Waals surface area contributed by atoms with E-state index in [0.717, 1.165) is 18.7 Å². The van der Waals surface area contributed by atoms with E-state index >= 15 is 0 Å². The third-order valence-corrected chi connectivity index (χ3v) is 4.44. The summed E-state index contributed by atoms with van der Waals surface area (Å²) in [5.74, 6) is -0.346. The van der Waals surface area contributed by atoms with Gasteiger partial charge >= 0.3 is 0 Å². The Morgan fingerprint density at radius 2 is 1.76 bits per heavy atom. The molecule has 132 valence electrons. The first-order valence-corrected chi connectivity index (χ1v) is 8.60. The second-order valence-electron chi connectivity index (χ2n) is 6.18. The van der Waals surface area contributed by atoms with Crippen molar-refractivity contribution in [1.29, 1.82) is 0 Å². The Morgan fingerprint density at radius 3 is 2.44 bits per heavy atom. The molecular formula is C20H23FN2O2. The minimum Gasteiger partial charge on any atom is -0.379 e. The van der Waals surface area contributed by atoms with Gasteiger partial charge < -0.3 is 10.1 Å². The van der Waals surface area contributed by atoms with Crippen LogP contribution in [0.15, 0.2) is 54.6 Å². The molecule has 1 amide bonds. The lowest BCUT2D eigenvalue weighted by Crippen LogP contribution is -2.44. The van der Waals surface area contributed by atoms with Gasteiger partial charge in [0, 0.05) is 19.6 Å². The van der Waals surface area contributed by atoms with E-state index in [1.807, 2.05) is 18.2 Å². The molecule has 0 aliphatic carbocycles. The van der Waals surface area contributed by atoms with Crippen LogP contribution < -0.4 is 5.32 Å². The number of hydrogen-bond acceptors (Lipinski definition) is 3. The van der Waals surface area contributed by atoms with Crippen LogP contribution in [0.25, 0.3) is 0 Å². The highest BCUT2D eigenvalue weighted by molar-refractivity contribution is 5.78. The minimum absolute atomic E-state index is 0.0548. The first kappa shape index (κ1) is 17.6. The van der Waals surface area contributed by atoms with E-state index in [9.17, 15) is 9.18 Å². The van der Waals surface area contributed by atoms with Crippen LogP contribution >= 0.6 is 0 Å². The largest absolute Gasteiger partial charge is 0.379 e. The molecule has 0 aromatic heterocycles. The van der Waals surface area contributed by atoms with Crippen molar-refractivity contribution in [2.75, 3.05) is 32.8 Å². The number of morpholine rings is 1. The number of nitrogens with zero attached hydrogens (tertiary/aromatic N) is 1. The Morgan fingerprint density at radius 1 is 1.08 bits per heavy atom. The highest BCUT2D eigenvalue weighted by Crippen LogP contribution is 2.21. The Balaban J connectivity index is 1.61. The molecular weight excluding hydrogens is 319 g/mol. The van der Waals surface area contributed by atoms with Crippen LogP contribution in [0.1, 0.15) is 17.2 Å². The number of nitrogens with one attached hydrogen (secondary N) is 1. The Bertz CT molecular complexity index is 670. The van der Waals surface area contributed by atoms with Crippen molar-refractivity contribution in [3.63, 3.8) is 0 Å². The molecule has 1 atom stereocenters. The van der Waals surface area contributed by atoms with Gasteiger partial charge in [-0.25, -0.2) is 4.39 Å². The lowest BCUT2D eigenvalue weighted by atomic mass is 10.0. The number of carbonyl (C=O) groups excluding carboxylic acids is 1. The van der Waals surface area contributed by atoms with E-state index in [1.165, 1.54) is 17.7 Å². The Labute approximate surface area is 147 Å². The molecule has 0 bridgehead atoms. The number of carbonyl (C=O) groups is 1. The zero-order chi connectivity index (χ0) is 17.5. The summed E-state index contributed by atoms with van der Waals surface area (Å²) in [6.45, 7) is 3.69. The van der Waals surface area contributed by atoms with Crippen molar-refractivity contribution in [3.05, 3.63) is 71.5 Å². The van der Waals surface area contributed by atoms with Gasteiger partial charge in [0.1, 0.15) is 5.82 Å². The van der Waals surface area contributed by atoms with Crippen LogP contribution in [0.5, 0.6) is 0 Å². The molecule has 1 aliphatic rings. The summed E-state index contributed by atoms with van der Waals surface area (Å²) >= 11 is 0. The van der Waals surface area contributed by atoms with Gasteiger partial charge in [0.05, 0.1) is 25.7 Å². The number of amides is 1. The summed E-state index contributed by atoms with van der Waals surface area (Å²) in [5, 5.41) is 3.03. The molecule has 3 rings (SSSR count). The van der Waals surface area contributed by atoms with Gasteiger partial charge in [-0.05, 0) is 23.3 Å². The Hall–Kier alpha value is -2.24. The van der Waals surface area contributed by atoms with Gasteiger partial charge in [-0.1, -0.05) is 42.5 Å². The quantitative estimate of drug-likeness (QED) is 0.877. The zero-order valence-corrected chi connectivity index (χ0v) is 14.2. The number of ether oxygens (including phenoxy) is 1. The molecule has 25 heavy (non-hydrogen) atoms. The number of halogens is 1. The molecule has 1 saturated heterocycles. The summed E-state index contributed by atoms with van der Waals surface area (Å²) in [4.78, 5) is 14.6. The van der Waals surface area contributed by atoms with E-state index in [4.69, 9.17) is 4.74 Å². The molecule has 0 spiro atoms. The van der Waals surface area contributed by atoms with Crippen LogP contribution in [0.2, 0.25) is 0 Å². The van der Waals surface area contributed by atoms with Gasteiger partial charge in [0.2, 0.25) is 5.91 Å². The SMILES string of the molecule is O=C(Cc1ccc(F)cc1)NCC(c1ccccc1)N1CCOCC1. The first-order chi connectivity index (χ1) is 12.2. The van der Waals surface area contributed by atoms with E-state index in [-0.39, 0.29) is 24.2 Å². The summed E-state index contributed by atoms with van der Waals surface area (Å²) in [5.41, 5.74) is 1.99. The summed E-state index contributed by atoms with van der Waals surface area (Å²) in [7, 11) is 0. The van der Waals surface area contributed by atoms with Crippen molar-refractivity contribution in [1.82, 2.24) is 10.2 Å². The Kier molecular flexibility index (Phi) is 6.14. The van der Waals surface area contributed by atoms with Crippen molar-refractivity contribution in [2.45, 2.75) is 12.5 Å². The van der Waals surface area contributed by atoms with Crippen LogP contribution in [0, 0.1) is 5.82 Å². The molecule has 1 aliphatic heterocycles. The number of rotatable bonds is 6. The average Bonchev–Trinajstić information content (AvgIpc) is 2.66. The standard InChI is InChI=1S/C20H23FN2O2/c21-18-8-6-16(7-9-18)14-20(24)22-15-19(17-4-2-1-3-5-17)23-10-12-25-13-11-23/h1-9,19H,10-15H2,(H,22,24). The van der Waals surface area contributed by atoms with Gasteiger partial charge in [-0.15, -0.1) is 0 Å². The first-order valence-electron chi connectivity index (χ1n) is 8.60. The summed E-state index contributed by atoms with van der Waals surface area (Å²) in [6.07, 6.45) is 0.255. The molecule has 1 unspecified atom stereocenters. The zero-order valence-electron chi connectivity index (χ0n) is 14.2. The highest BCUT2D eigenvalue weighted by Gasteiger charge is 2.23. The highest BCUT2D eigenvalue weighted by atomic mass is 19.1. The monoisotopic (exact) mass is 342 g/mol. The normalized spacial score (nSPS) is 16.4. The van der Waals surface area contributed by atoms with Gasteiger partial charge in [0.25, 0.3) is 0 Å². The molecule has 1 heterocycles. The van der Waals surface area contributed by atoms with Crippen molar-refractivity contribution >= 4 is 5.91 Å². The number of hydrogen-bond donors (Lipinski definition) is 1. The molecule has 5 heteroatoms. The van der Waals surface area contributed by atoms with E-state index in [0.29, 0.717) is 19.8 Å². The van der Waals surface area contributed by atoms with Crippen LogP contribution in [0.3, 0.4) is 0 Å². The third-order valence-electron chi connectivity index (χ3n) is 4.44. The smallest absolute Gasteiger partial charge is 0.224 e. The average molecular weight is 342 g/mol. The van der Waals surface area contributed by atoms with Crippen molar-refractivity contribution < 1.29 is 13.9 Å². The molecule has 0 saturated carbocycles. The predicted octanol–water partition coefficient (Wildman–Crippen LogP) is 2.56. The second kappa shape index (κ2) is 8.74. The van der Waals surface area contributed by atoms with E-state index in [2.05, 4.69) is 22.3 Å². The fraction of sp³-hybridized carbons (Fsp3) is 0.350. The van der Waals surface area contributed by atoms with E-state index in [1.54, 1.807) is 12.1 Å². The summed E-state index contributed by atoms with van der Waals surface area (Å²) < 4.78 is 18.4. The van der Waals surface area contributed by atoms with Crippen LogP contribution in [0.4, 0.5) is 4.39 Å². The molecule has 1 fully saturated rings. The van der Waals surface area contributed by atoms with Crippen molar-refractivity contribution in [3.8, 4) is 0 Å². The van der Waals surface area contributed by atoms with Crippen LogP contribution in [-0.4, -0.2) is 43.7 Å². The number of benzene rings is 2. The predicted molar refractivity (Wildman–Crippen MR) is 94.7 cm³/mol. The second-order valence-corrected chi connectivity index (χ2v) is 6.18. The maximum atomic E-state index is 13.0. The van der Waals surface area contributed by atoms with Crippen LogP contribution in [-0.2, 0) is 16.0 Å². The van der Waals surface area contributed by atoms with Gasteiger partial charge in [-0.2, -0.15) is 0 Å². The lowest BCUT2D eigenvalue weighted by Gasteiger charge is -2.35. The minimum atomic E-state index is -0.291. The fourth-order valence-electron chi connectivity index (χ4n) is 3.08. The maximum Gasteiger partial charge on any atom is 0.224 e. The van der Waals surface area contributed by atoms with Gasteiger partial charge in [0.15, 0.2) is 0 Å². The maximum absolute atomic E-state index is 13.0. The van der Waals surface area contributed by atoms with Gasteiger partial charge in [-0.3, -0.25) is 9.69 Å².